The van der Waals surface area contributed by atoms with Gasteiger partial charge >= 0.3 is 0 Å². The lowest BCUT2D eigenvalue weighted by Gasteiger charge is -2.26. The van der Waals surface area contributed by atoms with E-state index in [0.717, 1.165) is 0 Å². The SMILES string of the molecule is Cc1[nH]ncc1S(=O)(=O)NCC(C)(O)CN(C)C. The van der Waals surface area contributed by atoms with Crippen molar-refractivity contribution >= 4 is 10.0 Å². The van der Waals surface area contributed by atoms with Crippen LogP contribution in [0.4, 0.5) is 0 Å². The summed E-state index contributed by atoms with van der Waals surface area (Å²) in [5, 5.41) is 16.3. The molecule has 0 spiro atoms. The zero-order valence-corrected chi connectivity index (χ0v) is 11.9. The zero-order valence-electron chi connectivity index (χ0n) is 11.1. The van der Waals surface area contributed by atoms with Gasteiger partial charge in [-0.05, 0) is 27.9 Å². The number of aryl methyl sites for hydroxylation is 1. The second kappa shape index (κ2) is 5.35. The van der Waals surface area contributed by atoms with E-state index < -0.39 is 15.6 Å². The van der Waals surface area contributed by atoms with Crippen LogP contribution in [0.2, 0.25) is 0 Å². The van der Waals surface area contributed by atoms with Gasteiger partial charge in [-0.2, -0.15) is 5.10 Å². The number of likely N-dealkylation sites (N-methyl/N-ethyl adjacent to an activating group) is 1. The number of rotatable bonds is 6. The third-order valence-corrected chi connectivity index (χ3v) is 3.89. The third kappa shape index (κ3) is 4.05. The number of hydrogen-bond donors (Lipinski definition) is 3. The lowest BCUT2D eigenvalue weighted by atomic mass is 10.1. The molecule has 1 atom stereocenters. The first-order valence-corrected chi connectivity index (χ1v) is 6.99. The topological polar surface area (TPSA) is 98.3 Å². The van der Waals surface area contributed by atoms with E-state index in [1.54, 1.807) is 18.7 Å². The summed E-state index contributed by atoms with van der Waals surface area (Å²) in [6, 6.07) is 0. The maximum absolute atomic E-state index is 12.0. The van der Waals surface area contributed by atoms with Gasteiger partial charge in [0.2, 0.25) is 10.0 Å². The van der Waals surface area contributed by atoms with E-state index >= 15 is 0 Å². The van der Waals surface area contributed by atoms with Crippen LogP contribution in [0.3, 0.4) is 0 Å². The summed E-state index contributed by atoms with van der Waals surface area (Å²) in [5.41, 5.74) is -0.663. The Morgan fingerprint density at radius 1 is 1.56 bits per heavy atom. The lowest BCUT2D eigenvalue weighted by Crippen LogP contribution is -2.47. The fraction of sp³-hybridized carbons (Fsp3) is 0.700. The highest BCUT2D eigenvalue weighted by molar-refractivity contribution is 7.89. The Bertz CT molecular complexity index is 493. The highest BCUT2D eigenvalue weighted by atomic mass is 32.2. The van der Waals surface area contributed by atoms with Crippen LogP contribution in [0, 0.1) is 6.92 Å². The van der Waals surface area contributed by atoms with Gasteiger partial charge in [0.05, 0.1) is 17.5 Å². The molecule has 0 saturated carbocycles. The predicted octanol–water partition coefficient (Wildman–Crippen LogP) is -0.691. The molecule has 3 N–H and O–H groups in total. The number of aliphatic hydroxyl groups is 1. The standard InChI is InChI=1S/C10H20N4O3S/c1-8-9(5-11-13-8)18(16,17)12-6-10(2,15)7-14(3)4/h5,12,15H,6-7H2,1-4H3,(H,11,13). The minimum absolute atomic E-state index is 0.0574. The summed E-state index contributed by atoms with van der Waals surface area (Å²) in [7, 11) is -0.0214. The average Bonchev–Trinajstić information content (AvgIpc) is 2.61. The fourth-order valence-electron chi connectivity index (χ4n) is 1.68. The van der Waals surface area contributed by atoms with Crippen molar-refractivity contribution in [2.75, 3.05) is 27.2 Å². The van der Waals surface area contributed by atoms with Gasteiger partial charge in [0.1, 0.15) is 4.90 Å². The molecule has 0 bridgehead atoms. The van der Waals surface area contributed by atoms with Crippen LogP contribution in [0.15, 0.2) is 11.1 Å². The number of H-pyrrole nitrogens is 1. The summed E-state index contributed by atoms with van der Waals surface area (Å²) in [6.07, 6.45) is 1.25. The van der Waals surface area contributed by atoms with Gasteiger partial charge in [-0.3, -0.25) is 5.10 Å². The van der Waals surface area contributed by atoms with Gasteiger partial charge in [-0.25, -0.2) is 13.1 Å². The molecule has 0 amide bonds. The van der Waals surface area contributed by atoms with Crippen molar-refractivity contribution in [1.29, 1.82) is 0 Å². The van der Waals surface area contributed by atoms with Crippen molar-refractivity contribution in [2.45, 2.75) is 24.3 Å². The number of hydrogen-bond acceptors (Lipinski definition) is 5. The minimum Gasteiger partial charge on any atom is -0.387 e. The van der Waals surface area contributed by atoms with Crippen LogP contribution in [0.1, 0.15) is 12.6 Å². The third-order valence-electron chi connectivity index (χ3n) is 2.37. The molecule has 0 aliphatic carbocycles. The normalized spacial score (nSPS) is 15.9. The molecule has 0 saturated heterocycles. The van der Waals surface area contributed by atoms with Gasteiger partial charge in [0.15, 0.2) is 0 Å². The summed E-state index contributed by atoms with van der Waals surface area (Å²) in [5.74, 6) is 0. The van der Waals surface area contributed by atoms with Crippen LogP contribution in [-0.4, -0.2) is 61.4 Å². The average molecular weight is 276 g/mol. The number of aromatic amines is 1. The van der Waals surface area contributed by atoms with Crippen LogP contribution < -0.4 is 4.72 Å². The van der Waals surface area contributed by atoms with Crippen molar-refractivity contribution in [3.8, 4) is 0 Å². The largest absolute Gasteiger partial charge is 0.387 e. The Balaban J connectivity index is 2.72. The van der Waals surface area contributed by atoms with E-state index in [4.69, 9.17) is 0 Å². The molecule has 1 unspecified atom stereocenters. The van der Waals surface area contributed by atoms with E-state index in [0.29, 0.717) is 12.2 Å². The van der Waals surface area contributed by atoms with E-state index in [9.17, 15) is 13.5 Å². The smallest absolute Gasteiger partial charge is 0.244 e. The van der Waals surface area contributed by atoms with Crippen LogP contribution in [0.5, 0.6) is 0 Å². The summed E-state index contributed by atoms with van der Waals surface area (Å²) in [6.45, 7) is 3.51. The maximum atomic E-state index is 12.0. The van der Waals surface area contributed by atoms with Gasteiger partial charge < -0.3 is 10.0 Å². The van der Waals surface area contributed by atoms with Gasteiger partial charge in [0.25, 0.3) is 0 Å². The molecule has 1 rings (SSSR count). The van der Waals surface area contributed by atoms with Gasteiger partial charge in [0, 0.05) is 13.1 Å². The highest BCUT2D eigenvalue weighted by Gasteiger charge is 2.26. The molecule has 0 aliphatic heterocycles. The molecule has 1 aromatic rings. The van der Waals surface area contributed by atoms with Crippen molar-refractivity contribution in [1.82, 2.24) is 19.8 Å². The Morgan fingerprint density at radius 2 is 2.17 bits per heavy atom. The Kier molecular flexibility index (Phi) is 4.49. The molecule has 18 heavy (non-hydrogen) atoms. The molecule has 7 nitrogen and oxygen atoms in total. The van der Waals surface area contributed by atoms with Crippen molar-refractivity contribution in [3.63, 3.8) is 0 Å². The van der Waals surface area contributed by atoms with E-state index in [1.807, 2.05) is 14.1 Å². The van der Waals surface area contributed by atoms with Crippen molar-refractivity contribution in [2.24, 2.45) is 0 Å². The Labute approximate surface area is 107 Å². The van der Waals surface area contributed by atoms with Crippen LogP contribution >= 0.6 is 0 Å². The Morgan fingerprint density at radius 3 is 2.61 bits per heavy atom. The number of sulfonamides is 1. The summed E-state index contributed by atoms with van der Waals surface area (Å²) < 4.78 is 26.3. The molecule has 0 aliphatic rings. The molecular formula is C10H20N4O3S. The van der Waals surface area contributed by atoms with Crippen LogP contribution in [0.25, 0.3) is 0 Å². The minimum atomic E-state index is -3.64. The van der Waals surface area contributed by atoms with Crippen molar-refractivity contribution in [3.05, 3.63) is 11.9 Å². The van der Waals surface area contributed by atoms with E-state index in [2.05, 4.69) is 14.9 Å². The Hall–Kier alpha value is -0.960. The van der Waals surface area contributed by atoms with Crippen molar-refractivity contribution < 1.29 is 13.5 Å². The first kappa shape index (κ1) is 15.1. The fourth-order valence-corrected chi connectivity index (χ4v) is 2.97. The van der Waals surface area contributed by atoms with Gasteiger partial charge in [-0.1, -0.05) is 0 Å². The molecule has 0 fully saturated rings. The lowest BCUT2D eigenvalue weighted by molar-refractivity contribution is 0.0386. The highest BCUT2D eigenvalue weighted by Crippen LogP contribution is 2.12. The first-order valence-electron chi connectivity index (χ1n) is 5.51. The molecule has 1 aromatic heterocycles. The second-order valence-corrected chi connectivity index (χ2v) is 6.65. The quantitative estimate of drug-likeness (QED) is 0.639. The zero-order chi connectivity index (χ0) is 14.0. The summed E-state index contributed by atoms with van der Waals surface area (Å²) >= 11 is 0. The molecular weight excluding hydrogens is 256 g/mol. The van der Waals surface area contributed by atoms with Crippen LogP contribution in [-0.2, 0) is 10.0 Å². The molecule has 8 heteroatoms. The number of aromatic nitrogens is 2. The molecule has 1 heterocycles. The number of nitrogens with zero attached hydrogens (tertiary/aromatic N) is 2. The maximum Gasteiger partial charge on any atom is 0.244 e. The monoisotopic (exact) mass is 276 g/mol. The molecule has 0 aromatic carbocycles. The first-order chi connectivity index (χ1) is 8.14. The van der Waals surface area contributed by atoms with E-state index in [1.165, 1.54) is 6.20 Å². The number of nitrogens with one attached hydrogen (secondary N) is 2. The predicted molar refractivity (Wildman–Crippen MR) is 67.7 cm³/mol. The van der Waals surface area contributed by atoms with E-state index in [-0.39, 0.29) is 11.4 Å². The molecule has 104 valence electrons. The summed E-state index contributed by atoms with van der Waals surface area (Å²) in [4.78, 5) is 1.89. The van der Waals surface area contributed by atoms with Gasteiger partial charge in [-0.15, -0.1) is 0 Å². The molecule has 0 radical (unpaired) electrons. The second-order valence-electron chi connectivity index (χ2n) is 4.92.